The van der Waals surface area contributed by atoms with E-state index >= 15 is 0 Å². The highest BCUT2D eigenvalue weighted by molar-refractivity contribution is 6.17. The molecule has 0 aliphatic carbocycles. The van der Waals surface area contributed by atoms with Crippen LogP contribution in [0.2, 0.25) is 0 Å². The third-order valence-electron chi connectivity index (χ3n) is 1.84. The SMILES string of the molecule is Cc1n[nH]c(C)c1CCCCl.Cl. The van der Waals surface area contributed by atoms with Crippen LogP contribution in [0.1, 0.15) is 23.4 Å². The van der Waals surface area contributed by atoms with Gasteiger partial charge in [-0.1, -0.05) is 0 Å². The molecule has 0 unspecified atom stereocenters. The molecule has 2 nitrogen and oxygen atoms in total. The Morgan fingerprint density at radius 3 is 2.50 bits per heavy atom. The third kappa shape index (κ3) is 2.68. The Kier molecular flexibility index (Phi) is 5.34. The number of alkyl halides is 1. The van der Waals surface area contributed by atoms with E-state index < -0.39 is 0 Å². The lowest BCUT2D eigenvalue weighted by Crippen LogP contribution is -1.89. The molecule has 0 saturated heterocycles. The normalized spacial score (nSPS) is 9.58. The Balaban J connectivity index is 0.00000121. The van der Waals surface area contributed by atoms with Gasteiger partial charge in [-0.25, -0.2) is 0 Å². The number of halogens is 2. The van der Waals surface area contributed by atoms with Gasteiger partial charge in [-0.3, -0.25) is 5.10 Å². The van der Waals surface area contributed by atoms with E-state index in [1.54, 1.807) is 0 Å². The van der Waals surface area contributed by atoms with Gasteiger partial charge in [-0.05, 0) is 32.3 Å². The number of hydrogen-bond acceptors (Lipinski definition) is 1. The Morgan fingerprint density at radius 2 is 2.08 bits per heavy atom. The second kappa shape index (κ2) is 5.44. The van der Waals surface area contributed by atoms with Crippen LogP contribution in [0.5, 0.6) is 0 Å². The number of aromatic amines is 1. The molecule has 0 aliphatic rings. The van der Waals surface area contributed by atoms with Crippen LogP contribution in [0.4, 0.5) is 0 Å². The number of H-pyrrole nitrogens is 1. The molecule has 0 aromatic carbocycles. The van der Waals surface area contributed by atoms with E-state index in [0.717, 1.165) is 24.4 Å². The van der Waals surface area contributed by atoms with Crippen LogP contribution >= 0.6 is 24.0 Å². The van der Waals surface area contributed by atoms with Crippen molar-refractivity contribution in [3.63, 3.8) is 0 Å². The van der Waals surface area contributed by atoms with Gasteiger partial charge in [0.1, 0.15) is 0 Å². The Morgan fingerprint density at radius 1 is 1.42 bits per heavy atom. The number of nitrogens with zero attached hydrogens (tertiary/aromatic N) is 1. The maximum absolute atomic E-state index is 5.59. The van der Waals surface area contributed by atoms with E-state index in [1.807, 2.05) is 13.8 Å². The molecule has 0 fully saturated rings. The Labute approximate surface area is 84.1 Å². The average molecular weight is 209 g/mol. The molecular weight excluding hydrogens is 195 g/mol. The minimum absolute atomic E-state index is 0. The summed E-state index contributed by atoms with van der Waals surface area (Å²) < 4.78 is 0. The smallest absolute Gasteiger partial charge is 0.0625 e. The molecule has 0 aliphatic heterocycles. The van der Waals surface area contributed by atoms with Gasteiger partial charge < -0.3 is 0 Å². The summed E-state index contributed by atoms with van der Waals surface area (Å²) >= 11 is 5.59. The molecule has 12 heavy (non-hydrogen) atoms. The third-order valence-corrected chi connectivity index (χ3v) is 2.11. The van der Waals surface area contributed by atoms with E-state index in [1.165, 1.54) is 11.3 Å². The zero-order valence-electron chi connectivity index (χ0n) is 7.35. The summed E-state index contributed by atoms with van der Waals surface area (Å²) in [5.41, 5.74) is 3.60. The molecule has 1 rings (SSSR count). The molecule has 1 aromatic rings. The summed E-state index contributed by atoms with van der Waals surface area (Å²) in [6.07, 6.45) is 2.07. The fraction of sp³-hybridized carbons (Fsp3) is 0.625. The van der Waals surface area contributed by atoms with E-state index in [0.29, 0.717) is 0 Å². The largest absolute Gasteiger partial charge is 0.282 e. The van der Waals surface area contributed by atoms with Gasteiger partial charge in [0.05, 0.1) is 5.69 Å². The van der Waals surface area contributed by atoms with Gasteiger partial charge >= 0.3 is 0 Å². The van der Waals surface area contributed by atoms with Crippen LogP contribution in [0, 0.1) is 13.8 Å². The minimum Gasteiger partial charge on any atom is -0.282 e. The zero-order valence-corrected chi connectivity index (χ0v) is 8.93. The van der Waals surface area contributed by atoms with Crippen LogP contribution in [0.3, 0.4) is 0 Å². The highest BCUT2D eigenvalue weighted by Crippen LogP contribution is 2.11. The van der Waals surface area contributed by atoms with Crippen molar-refractivity contribution in [2.75, 3.05) is 5.88 Å². The topological polar surface area (TPSA) is 28.7 Å². The molecule has 70 valence electrons. The summed E-state index contributed by atoms with van der Waals surface area (Å²) in [6.45, 7) is 4.07. The highest BCUT2D eigenvalue weighted by Gasteiger charge is 2.04. The predicted octanol–water partition coefficient (Wildman–Crippen LogP) is 2.62. The molecule has 1 heterocycles. The predicted molar refractivity (Wildman–Crippen MR) is 54.4 cm³/mol. The van der Waals surface area contributed by atoms with Crippen LogP contribution < -0.4 is 0 Å². The molecular formula is C8H14Cl2N2. The van der Waals surface area contributed by atoms with Crippen LogP contribution in [-0.2, 0) is 6.42 Å². The summed E-state index contributed by atoms with van der Waals surface area (Å²) in [5.74, 6) is 0.726. The second-order valence-corrected chi connectivity index (χ2v) is 3.08. The number of rotatable bonds is 3. The van der Waals surface area contributed by atoms with E-state index in [9.17, 15) is 0 Å². The van der Waals surface area contributed by atoms with E-state index in [4.69, 9.17) is 11.6 Å². The first-order valence-electron chi connectivity index (χ1n) is 3.82. The van der Waals surface area contributed by atoms with Crippen LogP contribution in [0.15, 0.2) is 0 Å². The Bertz CT molecular complexity index is 213. The monoisotopic (exact) mass is 208 g/mol. The summed E-state index contributed by atoms with van der Waals surface area (Å²) in [4.78, 5) is 0. The van der Waals surface area contributed by atoms with Gasteiger partial charge in [-0.15, -0.1) is 24.0 Å². The van der Waals surface area contributed by atoms with Crippen molar-refractivity contribution in [1.82, 2.24) is 10.2 Å². The molecule has 4 heteroatoms. The van der Waals surface area contributed by atoms with Gasteiger partial charge in [-0.2, -0.15) is 5.10 Å². The van der Waals surface area contributed by atoms with Crippen molar-refractivity contribution in [3.8, 4) is 0 Å². The van der Waals surface area contributed by atoms with Crippen molar-refractivity contribution in [3.05, 3.63) is 17.0 Å². The number of hydrogen-bond donors (Lipinski definition) is 1. The van der Waals surface area contributed by atoms with E-state index in [-0.39, 0.29) is 12.4 Å². The first-order chi connectivity index (χ1) is 5.25. The second-order valence-electron chi connectivity index (χ2n) is 2.71. The highest BCUT2D eigenvalue weighted by atomic mass is 35.5. The number of aromatic nitrogens is 2. The van der Waals surface area contributed by atoms with Crippen LogP contribution in [0.25, 0.3) is 0 Å². The molecule has 0 saturated carbocycles. The number of nitrogens with one attached hydrogen (secondary N) is 1. The van der Waals surface area contributed by atoms with Crippen molar-refractivity contribution >= 4 is 24.0 Å². The fourth-order valence-corrected chi connectivity index (χ4v) is 1.32. The molecule has 0 bridgehead atoms. The fourth-order valence-electron chi connectivity index (χ4n) is 1.19. The maximum atomic E-state index is 5.59. The van der Waals surface area contributed by atoms with Crippen molar-refractivity contribution in [2.24, 2.45) is 0 Å². The van der Waals surface area contributed by atoms with Crippen molar-refractivity contribution in [1.29, 1.82) is 0 Å². The lowest BCUT2D eigenvalue weighted by molar-refractivity contribution is 0.911. The van der Waals surface area contributed by atoms with Gasteiger partial charge in [0, 0.05) is 11.6 Å². The minimum atomic E-state index is 0. The molecule has 1 N–H and O–H groups in total. The first-order valence-corrected chi connectivity index (χ1v) is 4.35. The Hall–Kier alpha value is -0.210. The zero-order chi connectivity index (χ0) is 8.27. The van der Waals surface area contributed by atoms with Gasteiger partial charge in [0.2, 0.25) is 0 Å². The standard InChI is InChI=1S/C8H13ClN2.ClH/c1-6-8(4-3-5-9)7(2)11-10-6;/h3-5H2,1-2H3,(H,10,11);1H. The number of aryl methyl sites for hydroxylation is 2. The quantitative estimate of drug-likeness (QED) is 0.761. The summed E-state index contributed by atoms with van der Waals surface area (Å²) in [6, 6.07) is 0. The van der Waals surface area contributed by atoms with Crippen LogP contribution in [-0.4, -0.2) is 16.1 Å². The van der Waals surface area contributed by atoms with Gasteiger partial charge in [0.15, 0.2) is 0 Å². The molecule has 0 radical (unpaired) electrons. The van der Waals surface area contributed by atoms with Crippen molar-refractivity contribution in [2.45, 2.75) is 26.7 Å². The first kappa shape index (κ1) is 11.8. The molecule has 0 spiro atoms. The molecule has 1 aromatic heterocycles. The molecule has 0 amide bonds. The lowest BCUT2D eigenvalue weighted by Gasteiger charge is -1.96. The van der Waals surface area contributed by atoms with Crippen molar-refractivity contribution < 1.29 is 0 Å². The maximum Gasteiger partial charge on any atom is 0.0625 e. The summed E-state index contributed by atoms with van der Waals surface area (Å²) in [7, 11) is 0. The molecule has 0 atom stereocenters. The van der Waals surface area contributed by atoms with Gasteiger partial charge in [0.25, 0.3) is 0 Å². The summed E-state index contributed by atoms with van der Waals surface area (Å²) in [5, 5.41) is 7.05. The van der Waals surface area contributed by atoms with E-state index in [2.05, 4.69) is 10.2 Å². The lowest BCUT2D eigenvalue weighted by atomic mass is 10.1. The average Bonchev–Trinajstić information content (AvgIpc) is 2.29.